The zero-order valence-electron chi connectivity index (χ0n) is 10.4. The van der Waals surface area contributed by atoms with Crippen molar-refractivity contribution in [3.05, 3.63) is 63.1 Å². The monoisotopic (exact) mass is 323 g/mol. The fourth-order valence-corrected chi connectivity index (χ4v) is 2.57. The van der Waals surface area contributed by atoms with Gasteiger partial charge in [-0.25, -0.2) is 0 Å². The van der Waals surface area contributed by atoms with Gasteiger partial charge in [0, 0.05) is 21.2 Å². The van der Waals surface area contributed by atoms with E-state index in [4.69, 9.17) is 11.6 Å². The van der Waals surface area contributed by atoms with Gasteiger partial charge in [-0.3, -0.25) is 0 Å². The Morgan fingerprint density at radius 3 is 2.56 bits per heavy atom. The van der Waals surface area contributed by atoms with Gasteiger partial charge in [-0.1, -0.05) is 51.8 Å². The molecule has 0 fully saturated rings. The van der Waals surface area contributed by atoms with Crippen LogP contribution in [0.4, 0.5) is 5.69 Å². The Morgan fingerprint density at radius 2 is 1.83 bits per heavy atom. The largest absolute Gasteiger partial charge is 0.378 e. The molecule has 18 heavy (non-hydrogen) atoms. The first kappa shape index (κ1) is 13.4. The van der Waals surface area contributed by atoms with Gasteiger partial charge in [0.15, 0.2) is 0 Å². The van der Waals surface area contributed by atoms with E-state index < -0.39 is 0 Å². The quantitative estimate of drug-likeness (QED) is 0.776. The van der Waals surface area contributed by atoms with Gasteiger partial charge in [-0.15, -0.1) is 0 Å². The van der Waals surface area contributed by atoms with Gasteiger partial charge in [0.2, 0.25) is 0 Å². The lowest BCUT2D eigenvalue weighted by molar-refractivity contribution is 0.882. The highest BCUT2D eigenvalue weighted by Crippen LogP contribution is 2.29. The predicted molar refractivity (Wildman–Crippen MR) is 82.4 cm³/mol. The molecule has 1 nitrogen and oxygen atoms in total. The summed E-state index contributed by atoms with van der Waals surface area (Å²) in [5.74, 6) is 0. The maximum atomic E-state index is 6.21. The number of anilines is 1. The van der Waals surface area contributed by atoms with Crippen LogP contribution in [-0.4, -0.2) is 0 Å². The fourth-order valence-electron chi connectivity index (χ4n) is 1.90. The molecule has 1 atom stereocenters. The summed E-state index contributed by atoms with van der Waals surface area (Å²) in [6.07, 6.45) is 0. The first-order valence-electron chi connectivity index (χ1n) is 5.85. The summed E-state index contributed by atoms with van der Waals surface area (Å²) < 4.78 is 1.11. The van der Waals surface area contributed by atoms with Gasteiger partial charge < -0.3 is 5.32 Å². The molecule has 94 valence electrons. The van der Waals surface area contributed by atoms with Crippen molar-refractivity contribution < 1.29 is 0 Å². The van der Waals surface area contributed by atoms with E-state index in [9.17, 15) is 0 Å². The molecule has 0 aliphatic carbocycles. The third-order valence-corrected chi connectivity index (χ3v) is 4.21. The second kappa shape index (κ2) is 5.77. The van der Waals surface area contributed by atoms with Gasteiger partial charge in [0.25, 0.3) is 0 Å². The molecule has 0 spiro atoms. The molecule has 0 amide bonds. The molecule has 0 aliphatic rings. The molecule has 0 aromatic heterocycles. The highest BCUT2D eigenvalue weighted by atomic mass is 79.9. The van der Waals surface area contributed by atoms with Gasteiger partial charge in [0.05, 0.1) is 0 Å². The molecule has 1 N–H and O–H groups in total. The van der Waals surface area contributed by atoms with Crippen molar-refractivity contribution >= 4 is 33.2 Å². The Kier molecular flexibility index (Phi) is 4.31. The summed E-state index contributed by atoms with van der Waals surface area (Å²) in [7, 11) is 0. The third kappa shape index (κ3) is 2.88. The molecule has 2 rings (SSSR count). The minimum Gasteiger partial charge on any atom is -0.378 e. The molecular formula is C15H15BrClN. The molecule has 0 bridgehead atoms. The molecule has 1 unspecified atom stereocenters. The van der Waals surface area contributed by atoms with Crippen LogP contribution in [0.25, 0.3) is 0 Å². The Hall–Kier alpha value is -0.990. The lowest BCUT2D eigenvalue weighted by Gasteiger charge is -2.19. The van der Waals surface area contributed by atoms with Crippen LogP contribution < -0.4 is 5.32 Å². The zero-order chi connectivity index (χ0) is 13.1. The van der Waals surface area contributed by atoms with E-state index in [1.54, 1.807) is 0 Å². The summed E-state index contributed by atoms with van der Waals surface area (Å²) >= 11 is 9.75. The van der Waals surface area contributed by atoms with E-state index in [0.717, 1.165) is 20.7 Å². The molecule has 0 saturated heterocycles. The van der Waals surface area contributed by atoms with Crippen LogP contribution in [0.3, 0.4) is 0 Å². The van der Waals surface area contributed by atoms with Crippen molar-refractivity contribution in [1.82, 2.24) is 0 Å². The summed E-state index contributed by atoms with van der Waals surface area (Å²) in [5.41, 5.74) is 3.44. The Bertz CT molecular complexity index is 554. The second-order valence-electron chi connectivity index (χ2n) is 4.30. The van der Waals surface area contributed by atoms with Crippen LogP contribution in [0.5, 0.6) is 0 Å². The minimum absolute atomic E-state index is 0.173. The average molecular weight is 325 g/mol. The van der Waals surface area contributed by atoms with Crippen LogP contribution in [0, 0.1) is 6.92 Å². The van der Waals surface area contributed by atoms with Gasteiger partial charge in [-0.05, 0) is 43.2 Å². The fraction of sp³-hybridized carbons (Fsp3) is 0.200. The standard InChI is InChI=1S/C15H15BrClN/c1-10-13(16)7-5-9-15(10)18-11(2)12-6-3-4-8-14(12)17/h3-9,11,18H,1-2H3. The van der Waals surface area contributed by atoms with Crippen molar-refractivity contribution in [2.75, 3.05) is 5.32 Å². The van der Waals surface area contributed by atoms with E-state index >= 15 is 0 Å². The molecule has 3 heteroatoms. The van der Waals surface area contributed by atoms with Crippen molar-refractivity contribution in [2.24, 2.45) is 0 Å². The molecular weight excluding hydrogens is 310 g/mol. The van der Waals surface area contributed by atoms with Gasteiger partial charge >= 0.3 is 0 Å². The first-order valence-corrected chi connectivity index (χ1v) is 7.02. The Balaban J connectivity index is 2.24. The lowest BCUT2D eigenvalue weighted by atomic mass is 10.1. The second-order valence-corrected chi connectivity index (χ2v) is 5.56. The third-order valence-electron chi connectivity index (χ3n) is 3.01. The average Bonchev–Trinajstić information content (AvgIpc) is 2.35. The number of rotatable bonds is 3. The Morgan fingerprint density at radius 1 is 1.11 bits per heavy atom. The molecule has 0 aliphatic heterocycles. The van der Waals surface area contributed by atoms with Crippen LogP contribution in [-0.2, 0) is 0 Å². The van der Waals surface area contributed by atoms with Crippen molar-refractivity contribution in [3.63, 3.8) is 0 Å². The van der Waals surface area contributed by atoms with Crippen LogP contribution in [0.1, 0.15) is 24.1 Å². The maximum Gasteiger partial charge on any atom is 0.0500 e. The van der Waals surface area contributed by atoms with Crippen molar-refractivity contribution in [1.29, 1.82) is 0 Å². The summed E-state index contributed by atoms with van der Waals surface area (Å²) in [6.45, 7) is 4.20. The van der Waals surface area contributed by atoms with E-state index in [1.807, 2.05) is 36.4 Å². The van der Waals surface area contributed by atoms with E-state index in [2.05, 4.69) is 41.2 Å². The van der Waals surface area contributed by atoms with E-state index in [-0.39, 0.29) is 6.04 Å². The summed E-state index contributed by atoms with van der Waals surface area (Å²) in [4.78, 5) is 0. The minimum atomic E-state index is 0.173. The van der Waals surface area contributed by atoms with Crippen molar-refractivity contribution in [3.8, 4) is 0 Å². The normalized spacial score (nSPS) is 12.2. The topological polar surface area (TPSA) is 12.0 Å². The van der Waals surface area contributed by atoms with E-state index in [0.29, 0.717) is 0 Å². The Labute approximate surface area is 121 Å². The molecule has 0 heterocycles. The van der Waals surface area contributed by atoms with Crippen LogP contribution in [0.15, 0.2) is 46.9 Å². The highest BCUT2D eigenvalue weighted by molar-refractivity contribution is 9.10. The molecule has 2 aromatic rings. The number of hydrogen-bond acceptors (Lipinski definition) is 1. The molecule has 0 saturated carbocycles. The zero-order valence-corrected chi connectivity index (χ0v) is 12.7. The number of halogens is 2. The van der Waals surface area contributed by atoms with Crippen molar-refractivity contribution in [2.45, 2.75) is 19.9 Å². The van der Waals surface area contributed by atoms with Gasteiger partial charge in [-0.2, -0.15) is 0 Å². The smallest absolute Gasteiger partial charge is 0.0500 e. The predicted octanol–water partition coefficient (Wildman–Crippen LogP) is 5.58. The maximum absolute atomic E-state index is 6.21. The van der Waals surface area contributed by atoms with E-state index in [1.165, 1.54) is 5.56 Å². The SMILES string of the molecule is Cc1c(Br)cccc1NC(C)c1ccccc1Cl. The van der Waals surface area contributed by atoms with Crippen LogP contribution >= 0.6 is 27.5 Å². The highest BCUT2D eigenvalue weighted by Gasteiger charge is 2.10. The molecule has 2 aromatic carbocycles. The first-order chi connectivity index (χ1) is 8.59. The number of hydrogen-bond donors (Lipinski definition) is 1. The summed E-state index contributed by atoms with van der Waals surface area (Å²) in [5, 5.41) is 4.29. The van der Waals surface area contributed by atoms with Crippen LogP contribution in [0.2, 0.25) is 5.02 Å². The summed E-state index contributed by atoms with van der Waals surface area (Å²) in [6, 6.07) is 14.2. The number of benzene rings is 2. The van der Waals surface area contributed by atoms with Gasteiger partial charge in [0.1, 0.15) is 0 Å². The number of nitrogens with one attached hydrogen (secondary N) is 1. The lowest BCUT2D eigenvalue weighted by Crippen LogP contribution is -2.08. The molecule has 0 radical (unpaired) electrons.